The second-order valence-electron chi connectivity index (χ2n) is 7.14. The number of amides is 1. The van der Waals surface area contributed by atoms with Crippen LogP contribution in [0.15, 0.2) is 0 Å². The van der Waals surface area contributed by atoms with Crippen molar-refractivity contribution in [1.82, 2.24) is 0 Å². The first-order valence-corrected chi connectivity index (χ1v) is 8.05. The number of alkyl halides is 1. The molecule has 0 aliphatic heterocycles. The molecule has 4 heteroatoms. The van der Waals surface area contributed by atoms with Gasteiger partial charge in [-0.2, -0.15) is 0 Å². The number of hydrogen-bond donors (Lipinski definition) is 1. The number of ether oxygens (including phenoxy) is 1. The molecule has 0 aromatic heterocycles. The largest absolute Gasteiger partial charge is 0.443 e. The molecule has 4 aliphatic rings. The van der Waals surface area contributed by atoms with E-state index in [1.165, 1.54) is 32.1 Å². The van der Waals surface area contributed by atoms with Crippen molar-refractivity contribution < 1.29 is 9.53 Å². The van der Waals surface area contributed by atoms with Crippen molar-refractivity contribution in [2.24, 2.45) is 29.4 Å². The van der Waals surface area contributed by atoms with Crippen LogP contribution in [-0.4, -0.2) is 15.1 Å². The monoisotopic (exact) mass is 363 g/mol. The Bertz CT molecular complexity index is 368. The lowest BCUT2D eigenvalue weighted by atomic mass is 9.49. The first kappa shape index (κ1) is 13.0. The Morgan fingerprint density at radius 2 is 1.83 bits per heavy atom. The molecular formula is C14H22INO2. The highest BCUT2D eigenvalue weighted by Crippen LogP contribution is 2.64. The van der Waals surface area contributed by atoms with Gasteiger partial charge in [-0.05, 0) is 63.7 Å². The molecule has 4 saturated carbocycles. The number of hydrogen-bond acceptors (Lipinski definition) is 2. The maximum absolute atomic E-state index is 11.2. The van der Waals surface area contributed by atoms with Crippen molar-refractivity contribution in [2.75, 3.05) is 0 Å². The van der Waals surface area contributed by atoms with Gasteiger partial charge in [0, 0.05) is 9.34 Å². The van der Waals surface area contributed by atoms with Gasteiger partial charge in [-0.3, -0.25) is 0 Å². The summed E-state index contributed by atoms with van der Waals surface area (Å²) in [6, 6.07) is 0. The normalized spacial score (nSPS) is 46.2. The summed E-state index contributed by atoms with van der Waals surface area (Å²) < 4.78 is 5.79. The zero-order valence-electron chi connectivity index (χ0n) is 11.1. The van der Waals surface area contributed by atoms with E-state index in [1.54, 1.807) is 0 Å². The standard InChI is InChI=1S/C14H22INO2/c1-13(2,18-12(16)17)11-10-4-8-3-9(5-10)7-14(11,15)6-8/h8-11H,3-7H2,1-2H3,(H2,16,17). The average molecular weight is 363 g/mol. The van der Waals surface area contributed by atoms with Gasteiger partial charge >= 0.3 is 6.09 Å². The highest BCUT2D eigenvalue weighted by Gasteiger charge is 2.60. The molecule has 0 spiro atoms. The molecule has 0 radical (unpaired) electrons. The topological polar surface area (TPSA) is 52.3 Å². The van der Waals surface area contributed by atoms with Crippen LogP contribution in [0, 0.1) is 23.7 Å². The number of halogens is 1. The fourth-order valence-corrected chi connectivity index (χ4v) is 7.96. The van der Waals surface area contributed by atoms with Crippen molar-refractivity contribution in [1.29, 1.82) is 0 Å². The third-order valence-electron chi connectivity index (χ3n) is 5.34. The van der Waals surface area contributed by atoms with Crippen molar-refractivity contribution in [3.05, 3.63) is 0 Å². The van der Waals surface area contributed by atoms with E-state index in [9.17, 15) is 4.79 Å². The molecule has 3 nitrogen and oxygen atoms in total. The molecule has 2 N–H and O–H groups in total. The predicted molar refractivity (Wildman–Crippen MR) is 78.5 cm³/mol. The summed E-state index contributed by atoms with van der Waals surface area (Å²) in [5, 5.41) is 0. The molecule has 4 rings (SSSR count). The Kier molecular flexibility index (Phi) is 2.89. The SMILES string of the molecule is CC(C)(OC(N)=O)C1C2CC3CC(C2)CC1(I)C3. The third kappa shape index (κ3) is 1.95. The maximum atomic E-state index is 11.2. The highest BCUT2D eigenvalue weighted by molar-refractivity contribution is 14.1. The minimum absolute atomic E-state index is 0.325. The summed E-state index contributed by atoms with van der Waals surface area (Å²) in [7, 11) is 0. The summed E-state index contributed by atoms with van der Waals surface area (Å²) in [6.45, 7) is 4.09. The molecule has 4 fully saturated rings. The summed E-state index contributed by atoms with van der Waals surface area (Å²) in [6.07, 6.45) is 6.07. The van der Waals surface area contributed by atoms with Crippen molar-refractivity contribution in [3.63, 3.8) is 0 Å². The minimum atomic E-state index is -0.631. The molecule has 3 unspecified atom stereocenters. The van der Waals surface area contributed by atoms with Gasteiger partial charge in [-0.15, -0.1) is 0 Å². The van der Waals surface area contributed by atoms with E-state index in [2.05, 4.69) is 22.6 Å². The minimum Gasteiger partial charge on any atom is -0.443 e. The fourth-order valence-electron chi connectivity index (χ4n) is 5.45. The van der Waals surface area contributed by atoms with E-state index in [1.807, 2.05) is 13.8 Å². The molecule has 3 atom stereocenters. The Morgan fingerprint density at radius 1 is 1.28 bits per heavy atom. The quantitative estimate of drug-likeness (QED) is 0.603. The van der Waals surface area contributed by atoms with E-state index < -0.39 is 11.7 Å². The molecule has 0 aromatic carbocycles. The lowest BCUT2D eigenvalue weighted by Gasteiger charge is -2.62. The molecule has 4 bridgehead atoms. The van der Waals surface area contributed by atoms with Crippen LogP contribution in [0.3, 0.4) is 0 Å². The van der Waals surface area contributed by atoms with Crippen LogP contribution in [0.4, 0.5) is 4.79 Å². The van der Waals surface area contributed by atoms with Crippen LogP contribution >= 0.6 is 22.6 Å². The lowest BCUT2D eigenvalue weighted by Crippen LogP contribution is -2.61. The van der Waals surface area contributed by atoms with Gasteiger partial charge in [0.1, 0.15) is 5.60 Å². The summed E-state index contributed by atoms with van der Waals surface area (Å²) >= 11 is 2.67. The van der Waals surface area contributed by atoms with Crippen LogP contribution in [-0.2, 0) is 4.74 Å². The fraction of sp³-hybridized carbons (Fsp3) is 0.929. The van der Waals surface area contributed by atoms with Gasteiger partial charge in [0.25, 0.3) is 0 Å². The number of rotatable bonds is 2. The van der Waals surface area contributed by atoms with Crippen LogP contribution in [0.2, 0.25) is 0 Å². The zero-order chi connectivity index (χ0) is 13.1. The van der Waals surface area contributed by atoms with Gasteiger partial charge in [0.2, 0.25) is 0 Å². The van der Waals surface area contributed by atoms with E-state index in [-0.39, 0.29) is 0 Å². The predicted octanol–water partition coefficient (Wildman–Crippen LogP) is 3.49. The highest BCUT2D eigenvalue weighted by atomic mass is 127. The molecule has 0 heterocycles. The van der Waals surface area contributed by atoms with E-state index in [4.69, 9.17) is 10.5 Å². The van der Waals surface area contributed by atoms with Gasteiger partial charge in [0.15, 0.2) is 0 Å². The smallest absolute Gasteiger partial charge is 0.405 e. The molecule has 4 aliphatic carbocycles. The number of nitrogens with two attached hydrogens (primary N) is 1. The zero-order valence-corrected chi connectivity index (χ0v) is 13.3. The average Bonchev–Trinajstić information content (AvgIpc) is 2.09. The van der Waals surface area contributed by atoms with E-state index in [0.717, 1.165) is 17.8 Å². The van der Waals surface area contributed by atoms with Crippen molar-refractivity contribution in [2.45, 2.75) is 55.0 Å². The third-order valence-corrected chi connectivity index (χ3v) is 6.89. The van der Waals surface area contributed by atoms with E-state index in [0.29, 0.717) is 9.34 Å². The van der Waals surface area contributed by atoms with Crippen LogP contribution in [0.1, 0.15) is 46.0 Å². The molecule has 18 heavy (non-hydrogen) atoms. The Hall–Kier alpha value is 0. The molecule has 102 valence electrons. The van der Waals surface area contributed by atoms with Gasteiger partial charge in [-0.1, -0.05) is 22.6 Å². The van der Waals surface area contributed by atoms with Crippen molar-refractivity contribution >= 4 is 28.7 Å². The van der Waals surface area contributed by atoms with Gasteiger partial charge in [-0.25, -0.2) is 4.79 Å². The van der Waals surface area contributed by atoms with Gasteiger partial charge < -0.3 is 10.5 Å². The van der Waals surface area contributed by atoms with E-state index >= 15 is 0 Å². The molecule has 0 aromatic rings. The van der Waals surface area contributed by atoms with Crippen LogP contribution in [0.5, 0.6) is 0 Å². The Labute approximate surface area is 122 Å². The lowest BCUT2D eigenvalue weighted by molar-refractivity contribution is -0.107. The summed E-state index contributed by atoms with van der Waals surface area (Å²) in [5.74, 6) is 3.02. The van der Waals surface area contributed by atoms with Crippen molar-refractivity contribution in [3.8, 4) is 0 Å². The second-order valence-corrected chi connectivity index (χ2v) is 9.29. The second kappa shape index (κ2) is 4.00. The first-order chi connectivity index (χ1) is 8.30. The number of carbonyl (C=O) groups is 1. The maximum Gasteiger partial charge on any atom is 0.405 e. The van der Waals surface area contributed by atoms with Crippen LogP contribution in [0.25, 0.3) is 0 Å². The van der Waals surface area contributed by atoms with Crippen LogP contribution < -0.4 is 5.73 Å². The van der Waals surface area contributed by atoms with Gasteiger partial charge in [0.05, 0.1) is 0 Å². The Balaban J connectivity index is 1.90. The molecule has 0 saturated heterocycles. The molecule has 1 amide bonds. The first-order valence-electron chi connectivity index (χ1n) is 6.97. The summed E-state index contributed by atoms with van der Waals surface area (Å²) in [5.41, 5.74) is 4.83. The summed E-state index contributed by atoms with van der Waals surface area (Å²) in [4.78, 5) is 11.2. The Morgan fingerprint density at radius 3 is 2.28 bits per heavy atom. The molecular weight excluding hydrogens is 341 g/mol. The number of carbonyl (C=O) groups excluding carboxylic acids is 1. The number of primary amides is 1.